The van der Waals surface area contributed by atoms with Crippen LogP contribution in [0.1, 0.15) is 22.5 Å². The molecule has 6 heteroatoms. The SMILES string of the molecule is COCC1(C(=O)O)CCN(C(=O)c2cccc3ccc(C)nc23)C1. The lowest BCUT2D eigenvalue weighted by atomic mass is 9.88. The number of amides is 1. The second-order valence-electron chi connectivity index (χ2n) is 6.33. The van der Waals surface area contributed by atoms with Gasteiger partial charge in [0.2, 0.25) is 0 Å². The van der Waals surface area contributed by atoms with Gasteiger partial charge in [-0.2, -0.15) is 0 Å². The number of rotatable bonds is 4. The molecule has 1 aromatic carbocycles. The topological polar surface area (TPSA) is 79.7 Å². The molecule has 1 N–H and O–H groups in total. The highest BCUT2D eigenvalue weighted by atomic mass is 16.5. The van der Waals surface area contributed by atoms with E-state index in [1.54, 1.807) is 11.0 Å². The Bertz CT molecular complexity index is 805. The fraction of sp³-hybridized carbons (Fsp3) is 0.389. The Morgan fingerprint density at radius 2 is 2.12 bits per heavy atom. The first kappa shape index (κ1) is 16.4. The quantitative estimate of drug-likeness (QED) is 0.930. The van der Waals surface area contributed by atoms with E-state index in [0.29, 0.717) is 24.0 Å². The van der Waals surface area contributed by atoms with E-state index in [9.17, 15) is 14.7 Å². The number of hydrogen-bond acceptors (Lipinski definition) is 4. The molecule has 1 aromatic heterocycles. The first-order valence-corrected chi connectivity index (χ1v) is 7.85. The highest BCUT2D eigenvalue weighted by Gasteiger charge is 2.46. The summed E-state index contributed by atoms with van der Waals surface area (Å²) in [6.45, 7) is 2.53. The molecule has 2 heterocycles. The third-order valence-corrected chi connectivity index (χ3v) is 4.61. The van der Waals surface area contributed by atoms with Crippen LogP contribution >= 0.6 is 0 Å². The summed E-state index contributed by atoms with van der Waals surface area (Å²) >= 11 is 0. The van der Waals surface area contributed by atoms with Gasteiger partial charge < -0.3 is 14.7 Å². The Balaban J connectivity index is 1.93. The maximum Gasteiger partial charge on any atom is 0.313 e. The summed E-state index contributed by atoms with van der Waals surface area (Å²) in [4.78, 5) is 30.7. The monoisotopic (exact) mass is 328 g/mol. The van der Waals surface area contributed by atoms with Crippen molar-refractivity contribution in [1.29, 1.82) is 0 Å². The van der Waals surface area contributed by atoms with Gasteiger partial charge in [-0.25, -0.2) is 0 Å². The second kappa shape index (κ2) is 6.20. The number of ether oxygens (including phenoxy) is 1. The Morgan fingerprint density at radius 1 is 1.33 bits per heavy atom. The number of aliphatic carboxylic acids is 1. The average Bonchev–Trinajstić information content (AvgIpc) is 2.99. The minimum Gasteiger partial charge on any atom is -0.481 e. The van der Waals surface area contributed by atoms with Crippen molar-refractivity contribution in [3.05, 3.63) is 41.6 Å². The van der Waals surface area contributed by atoms with Crippen LogP contribution in [-0.4, -0.2) is 53.7 Å². The fourth-order valence-electron chi connectivity index (χ4n) is 3.26. The van der Waals surface area contributed by atoms with Crippen molar-refractivity contribution in [3.8, 4) is 0 Å². The normalized spacial score (nSPS) is 20.5. The zero-order valence-corrected chi connectivity index (χ0v) is 13.8. The van der Waals surface area contributed by atoms with Gasteiger partial charge in [0, 0.05) is 31.3 Å². The number of nitrogens with zero attached hydrogens (tertiary/aromatic N) is 2. The van der Waals surface area contributed by atoms with E-state index in [-0.39, 0.29) is 19.1 Å². The van der Waals surface area contributed by atoms with Crippen LogP contribution in [0, 0.1) is 12.3 Å². The maximum absolute atomic E-state index is 12.9. The van der Waals surface area contributed by atoms with Gasteiger partial charge in [-0.1, -0.05) is 18.2 Å². The molecule has 1 aliphatic heterocycles. The number of likely N-dealkylation sites (tertiary alicyclic amines) is 1. The van der Waals surface area contributed by atoms with Gasteiger partial charge in [-0.3, -0.25) is 14.6 Å². The van der Waals surface area contributed by atoms with Crippen LogP contribution in [0.15, 0.2) is 30.3 Å². The van der Waals surface area contributed by atoms with Crippen LogP contribution in [0.3, 0.4) is 0 Å². The summed E-state index contributed by atoms with van der Waals surface area (Å²) in [5.74, 6) is -1.11. The molecule has 126 valence electrons. The number of carboxylic acids is 1. The molecule has 0 bridgehead atoms. The molecule has 1 saturated heterocycles. The van der Waals surface area contributed by atoms with E-state index in [2.05, 4.69) is 4.98 Å². The molecule has 6 nitrogen and oxygen atoms in total. The van der Waals surface area contributed by atoms with Gasteiger partial charge in [0.25, 0.3) is 5.91 Å². The number of carbonyl (C=O) groups excluding carboxylic acids is 1. The molecule has 0 radical (unpaired) electrons. The lowest BCUT2D eigenvalue weighted by Gasteiger charge is -2.24. The molecular formula is C18H20N2O4. The van der Waals surface area contributed by atoms with Crippen LogP contribution < -0.4 is 0 Å². The Labute approximate surface area is 140 Å². The number of aryl methyl sites for hydroxylation is 1. The molecule has 0 saturated carbocycles. The summed E-state index contributed by atoms with van der Waals surface area (Å²) in [5.41, 5.74) is 0.971. The number of fused-ring (bicyclic) bond motifs is 1. The fourth-order valence-corrected chi connectivity index (χ4v) is 3.26. The molecule has 2 aromatic rings. The van der Waals surface area contributed by atoms with Crippen LogP contribution in [-0.2, 0) is 9.53 Å². The standard InChI is InChI=1S/C18H20N2O4/c1-12-6-7-13-4-3-5-14(15(13)19-12)16(21)20-9-8-18(10-20,11-24-2)17(22)23/h3-7H,8-11H2,1-2H3,(H,22,23). The molecule has 1 fully saturated rings. The molecule has 1 amide bonds. The number of carboxylic acid groups (broad SMARTS) is 1. The van der Waals surface area contributed by atoms with Crippen molar-refractivity contribution >= 4 is 22.8 Å². The highest BCUT2D eigenvalue weighted by molar-refractivity contribution is 6.05. The molecule has 1 unspecified atom stereocenters. The summed E-state index contributed by atoms with van der Waals surface area (Å²) < 4.78 is 5.08. The molecule has 0 aliphatic carbocycles. The third-order valence-electron chi connectivity index (χ3n) is 4.61. The van der Waals surface area contributed by atoms with E-state index >= 15 is 0 Å². The predicted molar refractivity (Wildman–Crippen MR) is 88.9 cm³/mol. The van der Waals surface area contributed by atoms with Crippen molar-refractivity contribution in [1.82, 2.24) is 9.88 Å². The van der Waals surface area contributed by atoms with Crippen LogP contribution in [0.5, 0.6) is 0 Å². The van der Waals surface area contributed by atoms with Crippen molar-refractivity contribution in [2.45, 2.75) is 13.3 Å². The number of aromatic nitrogens is 1. The Hall–Kier alpha value is -2.47. The molecular weight excluding hydrogens is 308 g/mol. The first-order chi connectivity index (χ1) is 11.5. The van der Waals surface area contributed by atoms with Gasteiger partial charge in [-0.15, -0.1) is 0 Å². The predicted octanol–water partition coefficient (Wildman–Crippen LogP) is 2.11. The van der Waals surface area contributed by atoms with Crippen molar-refractivity contribution in [2.24, 2.45) is 5.41 Å². The smallest absolute Gasteiger partial charge is 0.313 e. The van der Waals surface area contributed by atoms with E-state index in [0.717, 1.165) is 11.1 Å². The first-order valence-electron chi connectivity index (χ1n) is 7.85. The van der Waals surface area contributed by atoms with Crippen LogP contribution in [0.2, 0.25) is 0 Å². The lowest BCUT2D eigenvalue weighted by molar-refractivity contribution is -0.151. The summed E-state index contributed by atoms with van der Waals surface area (Å²) in [7, 11) is 1.48. The van der Waals surface area contributed by atoms with Crippen molar-refractivity contribution < 1.29 is 19.4 Å². The summed E-state index contributed by atoms with van der Waals surface area (Å²) in [5, 5.41) is 10.4. The molecule has 3 rings (SSSR count). The number of hydrogen-bond donors (Lipinski definition) is 1. The van der Waals surface area contributed by atoms with Gasteiger partial charge in [0.05, 0.1) is 17.7 Å². The number of pyridine rings is 1. The van der Waals surface area contributed by atoms with Crippen LogP contribution in [0.4, 0.5) is 0 Å². The summed E-state index contributed by atoms with van der Waals surface area (Å²) in [6, 6.07) is 9.32. The molecule has 1 atom stereocenters. The highest BCUT2D eigenvalue weighted by Crippen LogP contribution is 2.32. The van der Waals surface area contributed by atoms with E-state index in [1.165, 1.54) is 7.11 Å². The number of benzene rings is 1. The van der Waals surface area contributed by atoms with Gasteiger partial charge in [0.15, 0.2) is 0 Å². The Morgan fingerprint density at radius 3 is 2.83 bits per heavy atom. The van der Waals surface area contributed by atoms with Crippen molar-refractivity contribution in [2.75, 3.05) is 26.8 Å². The third kappa shape index (κ3) is 2.73. The lowest BCUT2D eigenvalue weighted by Crippen LogP contribution is -2.40. The Kier molecular flexibility index (Phi) is 4.24. The number of methoxy groups -OCH3 is 1. The van der Waals surface area contributed by atoms with E-state index in [4.69, 9.17) is 4.74 Å². The maximum atomic E-state index is 12.9. The van der Waals surface area contributed by atoms with E-state index < -0.39 is 11.4 Å². The summed E-state index contributed by atoms with van der Waals surface area (Å²) in [6.07, 6.45) is 0.388. The van der Waals surface area contributed by atoms with Gasteiger partial charge in [-0.05, 0) is 25.5 Å². The zero-order valence-electron chi connectivity index (χ0n) is 13.8. The molecule has 1 aliphatic rings. The average molecular weight is 328 g/mol. The largest absolute Gasteiger partial charge is 0.481 e. The number of carbonyl (C=O) groups is 2. The second-order valence-corrected chi connectivity index (χ2v) is 6.33. The van der Waals surface area contributed by atoms with Crippen LogP contribution in [0.25, 0.3) is 10.9 Å². The van der Waals surface area contributed by atoms with E-state index in [1.807, 2.05) is 31.2 Å². The van der Waals surface area contributed by atoms with Gasteiger partial charge in [0.1, 0.15) is 5.41 Å². The minimum atomic E-state index is -1.03. The number of para-hydroxylation sites is 1. The zero-order chi connectivity index (χ0) is 17.3. The van der Waals surface area contributed by atoms with Gasteiger partial charge >= 0.3 is 5.97 Å². The molecule has 24 heavy (non-hydrogen) atoms. The minimum absolute atomic E-state index is 0.0962. The molecule has 0 spiro atoms. The van der Waals surface area contributed by atoms with Crippen molar-refractivity contribution in [3.63, 3.8) is 0 Å².